The molecule has 6 nitrogen and oxygen atoms in total. The number of carbonyl (C=O) groups excluding carboxylic acids is 1. The third-order valence-electron chi connectivity index (χ3n) is 2.78. The minimum absolute atomic E-state index is 0.0964. The Morgan fingerprint density at radius 1 is 1.60 bits per heavy atom. The van der Waals surface area contributed by atoms with E-state index in [2.05, 4.69) is 20.5 Å². The van der Waals surface area contributed by atoms with E-state index in [-0.39, 0.29) is 17.7 Å². The Balaban J connectivity index is 1.72. The second kappa shape index (κ2) is 4.29. The number of hydrogen-bond donors (Lipinski definition) is 3. The molecule has 1 aromatic rings. The number of aromatic nitrogens is 3. The minimum atomic E-state index is -0.237. The second-order valence-electron chi connectivity index (χ2n) is 3.88. The fourth-order valence-corrected chi connectivity index (χ4v) is 1.63. The average molecular weight is 209 g/mol. The van der Waals surface area contributed by atoms with Crippen LogP contribution >= 0.6 is 0 Å². The predicted octanol–water partition coefficient (Wildman–Crippen LogP) is 0.307. The highest BCUT2D eigenvalue weighted by molar-refractivity contribution is 5.90. The highest BCUT2D eigenvalue weighted by atomic mass is 16.2. The number of nitrogens with zero attached hydrogens (tertiary/aromatic N) is 2. The van der Waals surface area contributed by atoms with Crippen LogP contribution in [0.4, 0.5) is 5.95 Å². The van der Waals surface area contributed by atoms with Gasteiger partial charge in [0, 0.05) is 6.54 Å². The van der Waals surface area contributed by atoms with E-state index >= 15 is 0 Å². The van der Waals surface area contributed by atoms with Crippen molar-refractivity contribution in [1.29, 1.82) is 0 Å². The molecule has 6 heteroatoms. The van der Waals surface area contributed by atoms with Crippen LogP contribution in [0.2, 0.25) is 0 Å². The molecule has 0 spiro atoms. The van der Waals surface area contributed by atoms with Crippen molar-refractivity contribution in [2.75, 3.05) is 12.3 Å². The molecular formula is C9H15N5O. The molecule has 0 radical (unpaired) electrons. The Morgan fingerprint density at radius 3 is 2.93 bits per heavy atom. The van der Waals surface area contributed by atoms with E-state index in [1.54, 1.807) is 0 Å². The molecule has 0 bridgehead atoms. The van der Waals surface area contributed by atoms with E-state index in [0.717, 1.165) is 12.3 Å². The van der Waals surface area contributed by atoms with Crippen LogP contribution in [-0.4, -0.2) is 27.6 Å². The average Bonchev–Trinajstić information content (AvgIpc) is 2.56. The van der Waals surface area contributed by atoms with Crippen molar-refractivity contribution in [3.8, 4) is 0 Å². The summed E-state index contributed by atoms with van der Waals surface area (Å²) in [5.41, 5.74) is 5.29. The molecule has 1 saturated carbocycles. The summed E-state index contributed by atoms with van der Waals surface area (Å²) in [6.07, 6.45) is 4.98. The summed E-state index contributed by atoms with van der Waals surface area (Å²) >= 11 is 0. The normalized spacial score (nSPS) is 16.0. The molecular weight excluding hydrogens is 194 g/mol. The lowest BCUT2D eigenvalue weighted by Crippen LogP contribution is -2.28. The van der Waals surface area contributed by atoms with Crippen molar-refractivity contribution >= 4 is 11.9 Å². The Labute approximate surface area is 87.6 Å². The number of rotatable bonds is 4. The molecule has 0 saturated heterocycles. The molecule has 1 heterocycles. The van der Waals surface area contributed by atoms with Gasteiger partial charge >= 0.3 is 0 Å². The summed E-state index contributed by atoms with van der Waals surface area (Å²) < 4.78 is 0. The van der Waals surface area contributed by atoms with Gasteiger partial charge in [0.15, 0.2) is 0 Å². The zero-order chi connectivity index (χ0) is 10.7. The summed E-state index contributed by atoms with van der Waals surface area (Å²) in [6, 6.07) is 0. The number of H-pyrrole nitrogens is 1. The number of nitrogens with two attached hydrogens (primary N) is 1. The van der Waals surface area contributed by atoms with Gasteiger partial charge < -0.3 is 11.1 Å². The molecule has 2 rings (SSSR count). The van der Waals surface area contributed by atoms with Crippen molar-refractivity contribution in [1.82, 2.24) is 20.5 Å². The SMILES string of the molecule is Nc1n[nH]c(C(=O)NCCC2CCC2)n1. The van der Waals surface area contributed by atoms with Crippen LogP contribution in [0.1, 0.15) is 36.3 Å². The first-order chi connectivity index (χ1) is 7.25. The molecule has 1 fully saturated rings. The molecule has 15 heavy (non-hydrogen) atoms. The van der Waals surface area contributed by atoms with E-state index in [1.807, 2.05) is 0 Å². The van der Waals surface area contributed by atoms with E-state index in [9.17, 15) is 4.79 Å². The largest absolute Gasteiger partial charge is 0.366 e. The number of hydrogen-bond acceptors (Lipinski definition) is 4. The summed E-state index contributed by atoms with van der Waals surface area (Å²) in [4.78, 5) is 15.2. The second-order valence-corrected chi connectivity index (χ2v) is 3.88. The molecule has 0 aliphatic heterocycles. The van der Waals surface area contributed by atoms with Gasteiger partial charge in [-0.15, -0.1) is 5.10 Å². The standard InChI is InChI=1S/C9H15N5O/c10-9-12-7(13-14-9)8(15)11-5-4-6-2-1-3-6/h6H,1-5H2,(H,11,15)(H3,10,12,13,14). The predicted molar refractivity (Wildman–Crippen MR) is 55.1 cm³/mol. The van der Waals surface area contributed by atoms with Crippen molar-refractivity contribution < 1.29 is 4.79 Å². The lowest BCUT2D eigenvalue weighted by Gasteiger charge is -2.24. The maximum absolute atomic E-state index is 11.4. The fraction of sp³-hybridized carbons (Fsp3) is 0.667. The Kier molecular flexibility index (Phi) is 2.84. The van der Waals surface area contributed by atoms with Crippen LogP contribution in [-0.2, 0) is 0 Å². The van der Waals surface area contributed by atoms with Gasteiger partial charge in [-0.25, -0.2) is 0 Å². The van der Waals surface area contributed by atoms with Crippen LogP contribution in [0.3, 0.4) is 0 Å². The highest BCUT2D eigenvalue weighted by Gasteiger charge is 2.17. The first-order valence-corrected chi connectivity index (χ1v) is 5.22. The summed E-state index contributed by atoms with van der Waals surface area (Å²) in [7, 11) is 0. The van der Waals surface area contributed by atoms with Crippen molar-refractivity contribution in [3.63, 3.8) is 0 Å². The van der Waals surface area contributed by atoms with Gasteiger partial charge in [-0.1, -0.05) is 19.3 Å². The van der Waals surface area contributed by atoms with Crippen LogP contribution < -0.4 is 11.1 Å². The van der Waals surface area contributed by atoms with Crippen LogP contribution in [0.15, 0.2) is 0 Å². The van der Waals surface area contributed by atoms with Crippen molar-refractivity contribution in [2.24, 2.45) is 5.92 Å². The number of aromatic amines is 1. The third kappa shape index (κ3) is 2.45. The van der Waals surface area contributed by atoms with Gasteiger partial charge in [0.05, 0.1) is 0 Å². The first-order valence-electron chi connectivity index (χ1n) is 5.22. The third-order valence-corrected chi connectivity index (χ3v) is 2.78. The van der Waals surface area contributed by atoms with Crippen LogP contribution in [0.25, 0.3) is 0 Å². The summed E-state index contributed by atoms with van der Waals surface area (Å²) in [5.74, 6) is 0.837. The topological polar surface area (TPSA) is 96.7 Å². The number of nitrogen functional groups attached to an aromatic ring is 1. The quantitative estimate of drug-likeness (QED) is 0.664. The molecule has 0 aromatic carbocycles. The number of amides is 1. The van der Waals surface area contributed by atoms with Gasteiger partial charge in [-0.3, -0.25) is 9.89 Å². The molecule has 1 aromatic heterocycles. The maximum Gasteiger partial charge on any atom is 0.288 e. The number of carbonyl (C=O) groups is 1. The first kappa shape index (κ1) is 9.95. The van der Waals surface area contributed by atoms with Gasteiger partial charge in [-0.2, -0.15) is 4.98 Å². The van der Waals surface area contributed by atoms with Crippen molar-refractivity contribution in [2.45, 2.75) is 25.7 Å². The van der Waals surface area contributed by atoms with Crippen molar-refractivity contribution in [3.05, 3.63) is 5.82 Å². The van der Waals surface area contributed by atoms with Gasteiger partial charge in [0.25, 0.3) is 5.91 Å². The van der Waals surface area contributed by atoms with E-state index in [0.29, 0.717) is 6.54 Å². The smallest absolute Gasteiger partial charge is 0.288 e. The Hall–Kier alpha value is -1.59. The molecule has 1 aliphatic rings. The fourth-order valence-electron chi connectivity index (χ4n) is 1.63. The van der Waals surface area contributed by atoms with Gasteiger partial charge in [0.1, 0.15) is 0 Å². The van der Waals surface area contributed by atoms with E-state index in [4.69, 9.17) is 5.73 Å². The summed E-state index contributed by atoms with van der Waals surface area (Å²) in [5, 5.41) is 8.85. The number of nitrogens with one attached hydrogen (secondary N) is 2. The lowest BCUT2D eigenvalue weighted by atomic mass is 9.83. The van der Waals surface area contributed by atoms with Crippen LogP contribution in [0, 0.1) is 5.92 Å². The zero-order valence-electron chi connectivity index (χ0n) is 8.49. The molecule has 82 valence electrons. The monoisotopic (exact) mass is 209 g/mol. The maximum atomic E-state index is 11.4. The van der Waals surface area contributed by atoms with Crippen LogP contribution in [0.5, 0.6) is 0 Å². The molecule has 1 aliphatic carbocycles. The molecule has 1 amide bonds. The zero-order valence-corrected chi connectivity index (χ0v) is 8.49. The minimum Gasteiger partial charge on any atom is -0.366 e. The summed E-state index contributed by atoms with van der Waals surface area (Å²) in [6.45, 7) is 0.699. The lowest BCUT2D eigenvalue weighted by molar-refractivity contribution is 0.0939. The highest BCUT2D eigenvalue weighted by Crippen LogP contribution is 2.28. The molecule has 0 unspecified atom stereocenters. The molecule has 4 N–H and O–H groups in total. The van der Waals surface area contributed by atoms with E-state index in [1.165, 1.54) is 19.3 Å². The van der Waals surface area contributed by atoms with Gasteiger partial charge in [-0.05, 0) is 12.3 Å². The Morgan fingerprint density at radius 2 is 2.40 bits per heavy atom. The Bertz CT molecular complexity index is 344. The van der Waals surface area contributed by atoms with Gasteiger partial charge in [0.2, 0.25) is 11.8 Å². The van der Waals surface area contributed by atoms with E-state index < -0.39 is 0 Å². The molecule has 0 atom stereocenters. The number of anilines is 1.